The molecule has 0 aliphatic carbocycles. The summed E-state index contributed by atoms with van der Waals surface area (Å²) in [5, 5.41) is 9.51. The maximum atomic E-state index is 10.7. The van der Waals surface area contributed by atoms with E-state index in [1.54, 1.807) is 0 Å². The normalized spacial score (nSPS) is 9.00. The van der Waals surface area contributed by atoms with Crippen LogP contribution in [-0.4, -0.2) is 35.1 Å². The van der Waals surface area contributed by atoms with E-state index < -0.39 is 0 Å². The Hall–Kier alpha value is -1.10. The molecular weight excluding hydrogens is 148 g/mol. The Morgan fingerprint density at radius 3 is 2.27 bits per heavy atom. The van der Waals surface area contributed by atoms with Crippen LogP contribution in [0.5, 0.6) is 0 Å². The number of carbonyl (C=O) groups excluding carboxylic acids is 2. The van der Waals surface area contributed by atoms with Crippen molar-refractivity contribution in [3.63, 3.8) is 0 Å². The number of nitrogens with one attached hydrogen (secondary N) is 1. The predicted molar refractivity (Wildman–Crippen MR) is 38.3 cm³/mol. The number of hydrogen-bond donors (Lipinski definition) is 2. The van der Waals surface area contributed by atoms with E-state index in [1.165, 1.54) is 13.8 Å². The fraction of sp³-hybridized carbons (Fsp3) is 0.667. The monoisotopic (exact) mass is 160 g/mol. The molecule has 0 atom stereocenters. The lowest BCUT2D eigenvalue weighted by Crippen LogP contribution is -2.45. The Labute approximate surface area is 65.0 Å². The Bertz CT molecular complexity index is 158. The second kappa shape index (κ2) is 4.68. The predicted octanol–water partition coefficient (Wildman–Crippen LogP) is -1.12. The van der Waals surface area contributed by atoms with E-state index in [0.717, 1.165) is 5.01 Å². The molecule has 11 heavy (non-hydrogen) atoms. The molecule has 0 saturated heterocycles. The highest BCUT2D eigenvalue weighted by Crippen LogP contribution is 1.82. The van der Waals surface area contributed by atoms with Gasteiger partial charge >= 0.3 is 0 Å². The van der Waals surface area contributed by atoms with Gasteiger partial charge in [-0.15, -0.1) is 0 Å². The Morgan fingerprint density at radius 1 is 1.45 bits per heavy atom. The van der Waals surface area contributed by atoms with E-state index >= 15 is 0 Å². The van der Waals surface area contributed by atoms with Crippen LogP contribution in [0.2, 0.25) is 0 Å². The molecule has 0 spiro atoms. The minimum atomic E-state index is -0.325. The molecule has 0 aliphatic heterocycles. The smallest absolute Gasteiger partial charge is 0.237 e. The highest BCUT2D eigenvalue weighted by Gasteiger charge is 2.07. The number of aliphatic hydroxyl groups excluding tert-OH is 1. The molecule has 2 amide bonds. The van der Waals surface area contributed by atoms with E-state index in [9.17, 15) is 9.59 Å². The summed E-state index contributed by atoms with van der Waals surface area (Å²) in [4.78, 5) is 21.1. The van der Waals surface area contributed by atoms with Crippen LogP contribution < -0.4 is 5.43 Å². The third-order valence-corrected chi connectivity index (χ3v) is 0.996. The third-order valence-electron chi connectivity index (χ3n) is 0.996. The van der Waals surface area contributed by atoms with Gasteiger partial charge in [-0.1, -0.05) is 0 Å². The second-order valence-electron chi connectivity index (χ2n) is 2.06. The van der Waals surface area contributed by atoms with Crippen molar-refractivity contribution in [1.82, 2.24) is 10.4 Å². The van der Waals surface area contributed by atoms with Crippen molar-refractivity contribution in [2.75, 3.05) is 13.2 Å². The zero-order valence-electron chi connectivity index (χ0n) is 6.63. The fourth-order valence-electron chi connectivity index (χ4n) is 0.582. The first-order valence-electron chi connectivity index (χ1n) is 3.24. The second-order valence-corrected chi connectivity index (χ2v) is 2.06. The van der Waals surface area contributed by atoms with Gasteiger partial charge in [0.2, 0.25) is 11.8 Å². The Morgan fingerprint density at radius 2 is 2.00 bits per heavy atom. The summed E-state index contributed by atoms with van der Waals surface area (Å²) in [6.45, 7) is 2.56. The number of carbonyl (C=O) groups is 2. The van der Waals surface area contributed by atoms with E-state index in [0.29, 0.717) is 0 Å². The number of amides is 2. The summed E-state index contributed by atoms with van der Waals surface area (Å²) in [6.07, 6.45) is 0. The van der Waals surface area contributed by atoms with Gasteiger partial charge in [-0.2, -0.15) is 0 Å². The number of aliphatic hydroxyl groups is 1. The maximum Gasteiger partial charge on any atom is 0.237 e. The molecule has 0 aromatic heterocycles. The minimum Gasteiger partial charge on any atom is -0.394 e. The van der Waals surface area contributed by atoms with Crippen LogP contribution in [0.25, 0.3) is 0 Å². The summed E-state index contributed by atoms with van der Waals surface area (Å²) < 4.78 is 0. The van der Waals surface area contributed by atoms with Crippen LogP contribution >= 0.6 is 0 Å². The van der Waals surface area contributed by atoms with Gasteiger partial charge < -0.3 is 5.11 Å². The van der Waals surface area contributed by atoms with Gasteiger partial charge in [0.15, 0.2) is 0 Å². The highest BCUT2D eigenvalue weighted by atomic mass is 16.3. The quantitative estimate of drug-likeness (QED) is 0.503. The van der Waals surface area contributed by atoms with Crippen LogP contribution in [0.3, 0.4) is 0 Å². The first kappa shape index (κ1) is 9.90. The van der Waals surface area contributed by atoms with Crippen molar-refractivity contribution in [3.05, 3.63) is 0 Å². The fourth-order valence-corrected chi connectivity index (χ4v) is 0.582. The van der Waals surface area contributed by atoms with Gasteiger partial charge in [0.25, 0.3) is 0 Å². The van der Waals surface area contributed by atoms with Gasteiger partial charge in [-0.25, -0.2) is 0 Å². The molecule has 5 heteroatoms. The highest BCUT2D eigenvalue weighted by molar-refractivity contribution is 5.79. The van der Waals surface area contributed by atoms with Gasteiger partial charge in [-0.05, 0) is 0 Å². The molecule has 2 N–H and O–H groups in total. The lowest BCUT2D eigenvalue weighted by atomic mass is 10.6. The lowest BCUT2D eigenvalue weighted by molar-refractivity contribution is -0.139. The summed E-state index contributed by atoms with van der Waals surface area (Å²) in [7, 11) is 0. The van der Waals surface area contributed by atoms with Crippen LogP contribution in [0.4, 0.5) is 0 Å². The largest absolute Gasteiger partial charge is 0.394 e. The first-order chi connectivity index (χ1) is 5.07. The van der Waals surface area contributed by atoms with Crippen LogP contribution in [-0.2, 0) is 9.59 Å². The molecule has 0 heterocycles. The number of hydrazine groups is 1. The Balaban J connectivity index is 3.89. The van der Waals surface area contributed by atoms with E-state index in [4.69, 9.17) is 5.11 Å². The summed E-state index contributed by atoms with van der Waals surface area (Å²) in [5.41, 5.74) is 2.27. The van der Waals surface area contributed by atoms with Gasteiger partial charge in [-0.3, -0.25) is 20.0 Å². The topological polar surface area (TPSA) is 69.6 Å². The molecular formula is C6H12N2O3. The summed E-state index contributed by atoms with van der Waals surface area (Å²) in [5.74, 6) is -0.622. The zero-order chi connectivity index (χ0) is 8.85. The molecule has 0 unspecified atom stereocenters. The molecule has 0 fully saturated rings. The van der Waals surface area contributed by atoms with Crippen molar-refractivity contribution >= 4 is 11.8 Å². The lowest BCUT2D eigenvalue weighted by Gasteiger charge is -2.19. The molecule has 64 valence electrons. The minimum absolute atomic E-state index is 0.120. The maximum absolute atomic E-state index is 10.7. The van der Waals surface area contributed by atoms with Gasteiger partial charge in [0.05, 0.1) is 13.2 Å². The van der Waals surface area contributed by atoms with Crippen molar-refractivity contribution in [2.24, 2.45) is 0 Å². The molecule has 0 aromatic rings. The van der Waals surface area contributed by atoms with E-state index in [2.05, 4.69) is 5.43 Å². The average Bonchev–Trinajstić information content (AvgIpc) is 1.86. The van der Waals surface area contributed by atoms with E-state index in [-0.39, 0.29) is 25.0 Å². The molecule has 0 rings (SSSR count). The number of rotatable bonds is 2. The average molecular weight is 160 g/mol. The molecule has 5 nitrogen and oxygen atoms in total. The molecule has 0 radical (unpaired) electrons. The molecule has 0 aliphatic rings. The first-order valence-corrected chi connectivity index (χ1v) is 3.24. The number of nitrogens with zero attached hydrogens (tertiary/aromatic N) is 1. The SMILES string of the molecule is CC(=O)NN(CCO)C(C)=O. The molecule has 0 saturated carbocycles. The van der Waals surface area contributed by atoms with Crippen LogP contribution in [0.1, 0.15) is 13.8 Å². The number of hydrogen-bond acceptors (Lipinski definition) is 3. The molecule has 0 bridgehead atoms. The Kier molecular flexibility index (Phi) is 4.21. The molecule has 0 aromatic carbocycles. The summed E-state index contributed by atoms with van der Waals surface area (Å²) in [6, 6.07) is 0. The van der Waals surface area contributed by atoms with Crippen LogP contribution in [0, 0.1) is 0 Å². The van der Waals surface area contributed by atoms with Crippen molar-refractivity contribution < 1.29 is 14.7 Å². The van der Waals surface area contributed by atoms with Crippen molar-refractivity contribution in [2.45, 2.75) is 13.8 Å². The van der Waals surface area contributed by atoms with E-state index in [1.807, 2.05) is 0 Å². The standard InChI is InChI=1S/C6H12N2O3/c1-5(10)7-8(3-4-9)6(2)11/h9H,3-4H2,1-2H3,(H,7,10). The zero-order valence-corrected chi connectivity index (χ0v) is 6.63. The summed E-state index contributed by atoms with van der Waals surface area (Å²) >= 11 is 0. The van der Waals surface area contributed by atoms with Crippen molar-refractivity contribution in [3.8, 4) is 0 Å². The van der Waals surface area contributed by atoms with Crippen molar-refractivity contribution in [1.29, 1.82) is 0 Å². The van der Waals surface area contributed by atoms with Crippen LogP contribution in [0.15, 0.2) is 0 Å². The van der Waals surface area contributed by atoms with Gasteiger partial charge in [0, 0.05) is 13.8 Å². The van der Waals surface area contributed by atoms with Gasteiger partial charge in [0.1, 0.15) is 0 Å². The third kappa shape index (κ3) is 4.32.